The van der Waals surface area contributed by atoms with Gasteiger partial charge in [0.1, 0.15) is 5.69 Å². The third-order valence-electron chi connectivity index (χ3n) is 4.66. The van der Waals surface area contributed by atoms with E-state index in [9.17, 15) is 10.1 Å². The molecule has 1 aliphatic carbocycles. The van der Waals surface area contributed by atoms with Crippen LogP contribution in [0.3, 0.4) is 0 Å². The van der Waals surface area contributed by atoms with Gasteiger partial charge in [-0.15, -0.1) is 0 Å². The topological polar surface area (TPSA) is 64.2 Å². The summed E-state index contributed by atoms with van der Waals surface area (Å²) in [5.41, 5.74) is 1.91. The Morgan fingerprint density at radius 3 is 2.82 bits per heavy atom. The normalized spacial score (nSPS) is 22.2. The Morgan fingerprint density at radius 2 is 2.14 bits per heavy atom. The zero-order valence-electron chi connectivity index (χ0n) is 12.4. The second kappa shape index (κ2) is 4.97. The van der Waals surface area contributed by atoms with Crippen molar-refractivity contribution >= 4 is 22.3 Å². The van der Waals surface area contributed by atoms with Crippen LogP contribution in [-0.2, 0) is 0 Å². The first-order valence-electron chi connectivity index (χ1n) is 7.88. The van der Waals surface area contributed by atoms with Crippen LogP contribution in [0.5, 0.6) is 0 Å². The molecule has 1 aromatic carbocycles. The molecular formula is C16H19N4O2. The Labute approximate surface area is 128 Å². The van der Waals surface area contributed by atoms with Crippen molar-refractivity contribution < 1.29 is 4.92 Å². The monoisotopic (exact) mass is 299 g/mol. The summed E-state index contributed by atoms with van der Waals surface area (Å²) in [4.78, 5) is 13.3. The predicted molar refractivity (Wildman–Crippen MR) is 85.0 cm³/mol. The van der Waals surface area contributed by atoms with Gasteiger partial charge >= 0.3 is 0 Å². The number of benzene rings is 1. The van der Waals surface area contributed by atoms with Crippen LogP contribution in [0.1, 0.15) is 31.7 Å². The lowest BCUT2D eigenvalue weighted by Crippen LogP contribution is -2.34. The second-order valence-electron chi connectivity index (χ2n) is 6.40. The van der Waals surface area contributed by atoms with E-state index in [0.29, 0.717) is 12.0 Å². The maximum Gasteiger partial charge on any atom is 0.293 e. The zero-order chi connectivity index (χ0) is 15.3. The molecular weight excluding hydrogens is 280 g/mol. The van der Waals surface area contributed by atoms with E-state index in [-0.39, 0.29) is 10.6 Å². The molecule has 6 nitrogen and oxygen atoms in total. The lowest BCUT2D eigenvalue weighted by molar-refractivity contribution is -0.384. The van der Waals surface area contributed by atoms with Crippen molar-refractivity contribution in [3.05, 3.63) is 35.4 Å². The van der Waals surface area contributed by atoms with Crippen LogP contribution >= 0.6 is 0 Å². The van der Waals surface area contributed by atoms with Crippen LogP contribution in [0.15, 0.2) is 18.3 Å². The molecule has 1 aliphatic heterocycles. The molecule has 1 radical (unpaired) electrons. The lowest BCUT2D eigenvalue weighted by atomic mass is 9.99. The van der Waals surface area contributed by atoms with Gasteiger partial charge in [-0.3, -0.25) is 14.8 Å². The first-order chi connectivity index (χ1) is 10.6. The van der Waals surface area contributed by atoms with Gasteiger partial charge in [-0.2, -0.15) is 5.10 Å². The van der Waals surface area contributed by atoms with Crippen LogP contribution in [0.2, 0.25) is 0 Å². The highest BCUT2D eigenvalue weighted by Crippen LogP contribution is 2.42. The molecule has 2 aliphatic rings. The van der Waals surface area contributed by atoms with Crippen LogP contribution < -0.4 is 4.90 Å². The van der Waals surface area contributed by atoms with Gasteiger partial charge in [0.05, 0.1) is 28.1 Å². The molecule has 1 saturated carbocycles. The highest BCUT2D eigenvalue weighted by molar-refractivity contribution is 5.97. The molecule has 6 heteroatoms. The van der Waals surface area contributed by atoms with E-state index < -0.39 is 0 Å². The Bertz CT molecular complexity index is 735. The summed E-state index contributed by atoms with van der Waals surface area (Å²) < 4.78 is 2.02. The van der Waals surface area contributed by atoms with Crippen molar-refractivity contribution in [1.82, 2.24) is 9.78 Å². The van der Waals surface area contributed by atoms with Gasteiger partial charge in [-0.05, 0) is 44.6 Å². The van der Waals surface area contributed by atoms with E-state index in [4.69, 9.17) is 0 Å². The number of nitro benzene ring substituents is 1. The summed E-state index contributed by atoms with van der Waals surface area (Å²) in [5, 5.41) is 16.9. The molecule has 22 heavy (non-hydrogen) atoms. The molecule has 1 saturated heterocycles. The number of rotatable bonds is 3. The smallest absolute Gasteiger partial charge is 0.293 e. The molecule has 0 N–H and O–H groups in total. The third kappa shape index (κ3) is 2.14. The van der Waals surface area contributed by atoms with Crippen molar-refractivity contribution in [2.24, 2.45) is 5.92 Å². The van der Waals surface area contributed by atoms with Crippen molar-refractivity contribution in [2.75, 3.05) is 18.0 Å². The molecule has 2 heterocycles. The van der Waals surface area contributed by atoms with Gasteiger partial charge in [-0.25, -0.2) is 0 Å². The van der Waals surface area contributed by atoms with Crippen molar-refractivity contribution in [3.8, 4) is 0 Å². The van der Waals surface area contributed by atoms with E-state index in [1.54, 1.807) is 12.3 Å². The fourth-order valence-corrected chi connectivity index (χ4v) is 3.45. The molecule has 1 aromatic heterocycles. The minimum atomic E-state index is -0.282. The van der Waals surface area contributed by atoms with E-state index in [1.807, 2.05) is 10.7 Å². The largest absolute Gasteiger partial charge is 0.365 e. The molecule has 4 rings (SSSR count). The minimum Gasteiger partial charge on any atom is -0.365 e. The number of piperidine rings is 1. The van der Waals surface area contributed by atoms with E-state index in [0.717, 1.165) is 55.4 Å². The number of anilines is 1. The summed E-state index contributed by atoms with van der Waals surface area (Å²) in [7, 11) is 0. The molecule has 2 fully saturated rings. The fraction of sp³-hybridized carbons (Fsp3) is 0.500. The summed E-state index contributed by atoms with van der Waals surface area (Å²) in [6.45, 7) is 5.76. The van der Waals surface area contributed by atoms with Crippen molar-refractivity contribution in [1.29, 1.82) is 0 Å². The van der Waals surface area contributed by atoms with Gasteiger partial charge in [-0.1, -0.05) is 0 Å². The number of fused-ring (bicyclic) bond motifs is 1. The molecule has 0 bridgehead atoms. The van der Waals surface area contributed by atoms with Gasteiger partial charge in [0.2, 0.25) is 0 Å². The Morgan fingerprint density at radius 1 is 1.32 bits per heavy atom. The average molecular weight is 299 g/mol. The standard InChI is InChI=1S/C16H19N4O2/c1-11-3-2-8-18(10-11)16-13-9-17-19(12-4-5-12)14(13)6-7-15(16)20(21)22/h6-7,9,11-12H,1-5,8,10H2/t11-/m1/s1. The molecule has 0 unspecified atom stereocenters. The van der Waals surface area contributed by atoms with Gasteiger partial charge in [0, 0.05) is 19.2 Å². The molecule has 1 atom stereocenters. The first kappa shape index (κ1) is 13.5. The SMILES string of the molecule is [CH2][C@@H]1CCCN(c2c([N+](=O)[O-])ccc3c2cnn3C2CC2)C1. The maximum absolute atomic E-state index is 11.5. The Kier molecular flexibility index (Phi) is 3.06. The summed E-state index contributed by atoms with van der Waals surface area (Å²) in [6, 6.07) is 3.94. The predicted octanol–water partition coefficient (Wildman–Crippen LogP) is 3.33. The number of aromatic nitrogens is 2. The summed E-state index contributed by atoms with van der Waals surface area (Å²) in [5.74, 6) is 0.321. The van der Waals surface area contributed by atoms with Crippen LogP contribution in [0.25, 0.3) is 10.9 Å². The molecule has 0 amide bonds. The zero-order valence-corrected chi connectivity index (χ0v) is 12.4. The molecule has 0 spiro atoms. The first-order valence-corrected chi connectivity index (χ1v) is 7.88. The van der Waals surface area contributed by atoms with Crippen molar-refractivity contribution in [2.45, 2.75) is 31.7 Å². The van der Waals surface area contributed by atoms with E-state index in [1.165, 1.54) is 0 Å². The van der Waals surface area contributed by atoms with E-state index >= 15 is 0 Å². The van der Waals surface area contributed by atoms with Gasteiger partial charge in [0.15, 0.2) is 0 Å². The highest BCUT2D eigenvalue weighted by Gasteiger charge is 2.30. The van der Waals surface area contributed by atoms with E-state index in [2.05, 4.69) is 16.9 Å². The Hall–Kier alpha value is -2.11. The van der Waals surface area contributed by atoms with Gasteiger partial charge < -0.3 is 4.90 Å². The fourth-order valence-electron chi connectivity index (χ4n) is 3.45. The van der Waals surface area contributed by atoms with Crippen LogP contribution in [0, 0.1) is 23.0 Å². The van der Waals surface area contributed by atoms with Crippen LogP contribution in [0.4, 0.5) is 11.4 Å². The Balaban J connectivity index is 1.88. The van der Waals surface area contributed by atoms with Crippen LogP contribution in [-0.4, -0.2) is 27.8 Å². The summed E-state index contributed by atoms with van der Waals surface area (Å²) in [6.07, 6.45) is 6.20. The molecule has 115 valence electrons. The summed E-state index contributed by atoms with van der Waals surface area (Å²) >= 11 is 0. The van der Waals surface area contributed by atoms with Gasteiger partial charge in [0.25, 0.3) is 5.69 Å². The van der Waals surface area contributed by atoms with Crippen molar-refractivity contribution in [3.63, 3.8) is 0 Å². The number of hydrogen-bond acceptors (Lipinski definition) is 4. The third-order valence-corrected chi connectivity index (χ3v) is 4.66. The second-order valence-corrected chi connectivity index (χ2v) is 6.40. The maximum atomic E-state index is 11.5. The number of nitro groups is 1. The minimum absolute atomic E-state index is 0.178. The number of hydrogen-bond donors (Lipinski definition) is 0. The quantitative estimate of drug-likeness (QED) is 0.644. The average Bonchev–Trinajstić information content (AvgIpc) is 3.25. The lowest BCUT2D eigenvalue weighted by Gasteiger charge is -2.32. The highest BCUT2D eigenvalue weighted by atomic mass is 16.6. The molecule has 2 aromatic rings. The number of nitrogens with zero attached hydrogens (tertiary/aromatic N) is 4.